The lowest BCUT2D eigenvalue weighted by Crippen LogP contribution is -2.14. The number of aromatic nitrogens is 2. The van der Waals surface area contributed by atoms with Gasteiger partial charge in [0.15, 0.2) is 0 Å². The molecule has 0 saturated heterocycles. The molecule has 1 heterocycles. The molecule has 1 N–H and O–H groups in total. The van der Waals surface area contributed by atoms with Gasteiger partial charge in [0.25, 0.3) is 0 Å². The molecule has 2 aromatic rings. The molecule has 1 aromatic carbocycles. The summed E-state index contributed by atoms with van der Waals surface area (Å²) < 4.78 is 6.90. The Balaban J connectivity index is 1.67. The number of hydrogen-bond acceptors (Lipinski definition) is 3. The van der Waals surface area contributed by atoms with Crippen LogP contribution in [-0.2, 0) is 11.3 Å². The van der Waals surface area contributed by atoms with E-state index in [-0.39, 0.29) is 0 Å². The molecule has 4 heteroatoms. The number of nitrogens with zero attached hydrogens (tertiary/aromatic N) is 2. The van der Waals surface area contributed by atoms with E-state index in [2.05, 4.69) is 34.7 Å². The van der Waals surface area contributed by atoms with Crippen LogP contribution in [0.2, 0.25) is 0 Å². The fraction of sp³-hybridized carbons (Fsp3) is 0.438. The van der Waals surface area contributed by atoms with Crippen molar-refractivity contribution in [3.63, 3.8) is 0 Å². The van der Waals surface area contributed by atoms with Crippen molar-refractivity contribution in [1.29, 1.82) is 0 Å². The van der Waals surface area contributed by atoms with Gasteiger partial charge in [0, 0.05) is 32.7 Å². The van der Waals surface area contributed by atoms with Crippen LogP contribution in [0.15, 0.2) is 42.7 Å². The molecule has 108 valence electrons. The van der Waals surface area contributed by atoms with Crippen LogP contribution in [0.5, 0.6) is 0 Å². The summed E-state index contributed by atoms with van der Waals surface area (Å²) in [5, 5.41) is 7.69. The number of methoxy groups -OCH3 is 1. The van der Waals surface area contributed by atoms with E-state index in [1.807, 2.05) is 16.9 Å². The summed E-state index contributed by atoms with van der Waals surface area (Å²) in [5.41, 5.74) is 2.40. The maximum Gasteiger partial charge on any atom is 0.0645 e. The highest BCUT2D eigenvalue weighted by atomic mass is 16.5. The van der Waals surface area contributed by atoms with E-state index >= 15 is 0 Å². The highest BCUT2D eigenvalue weighted by Gasteiger charge is 1.97. The zero-order chi connectivity index (χ0) is 14.0. The lowest BCUT2D eigenvalue weighted by molar-refractivity contribution is 0.192. The summed E-state index contributed by atoms with van der Waals surface area (Å²) in [5.74, 6) is 0. The Hall–Kier alpha value is -1.65. The summed E-state index contributed by atoms with van der Waals surface area (Å²) in [4.78, 5) is 0. The summed E-state index contributed by atoms with van der Waals surface area (Å²) >= 11 is 0. The van der Waals surface area contributed by atoms with Gasteiger partial charge in [0.2, 0.25) is 0 Å². The van der Waals surface area contributed by atoms with Gasteiger partial charge in [0.05, 0.1) is 5.69 Å². The normalized spacial score (nSPS) is 10.8. The minimum absolute atomic E-state index is 0.870. The van der Waals surface area contributed by atoms with Crippen molar-refractivity contribution >= 4 is 0 Å². The van der Waals surface area contributed by atoms with E-state index in [9.17, 15) is 0 Å². The minimum Gasteiger partial charge on any atom is -0.385 e. The topological polar surface area (TPSA) is 39.1 Å². The van der Waals surface area contributed by atoms with Crippen LogP contribution in [0.3, 0.4) is 0 Å². The van der Waals surface area contributed by atoms with Gasteiger partial charge >= 0.3 is 0 Å². The number of ether oxygens (including phenoxy) is 1. The van der Waals surface area contributed by atoms with Gasteiger partial charge in [0.1, 0.15) is 0 Å². The van der Waals surface area contributed by atoms with Gasteiger partial charge in [-0.2, -0.15) is 5.10 Å². The molecule has 0 spiro atoms. The largest absolute Gasteiger partial charge is 0.385 e. The Labute approximate surface area is 120 Å². The van der Waals surface area contributed by atoms with Crippen LogP contribution in [0, 0.1) is 0 Å². The van der Waals surface area contributed by atoms with Gasteiger partial charge in [-0.05, 0) is 49.6 Å². The number of benzene rings is 1. The third-order valence-corrected chi connectivity index (χ3v) is 3.24. The van der Waals surface area contributed by atoms with Crippen LogP contribution >= 0.6 is 0 Å². The molecule has 0 bridgehead atoms. The van der Waals surface area contributed by atoms with Gasteiger partial charge in [-0.25, -0.2) is 4.68 Å². The first-order chi connectivity index (χ1) is 9.90. The second-order valence-corrected chi connectivity index (χ2v) is 4.85. The van der Waals surface area contributed by atoms with Gasteiger partial charge in [-0.1, -0.05) is 12.1 Å². The van der Waals surface area contributed by atoms with Crippen LogP contribution in [0.1, 0.15) is 24.8 Å². The number of rotatable bonds is 9. The van der Waals surface area contributed by atoms with Crippen molar-refractivity contribution in [2.45, 2.75) is 25.8 Å². The maximum atomic E-state index is 5.03. The average molecular weight is 273 g/mol. The van der Waals surface area contributed by atoms with E-state index in [1.54, 1.807) is 13.3 Å². The van der Waals surface area contributed by atoms with E-state index in [0.717, 1.165) is 31.8 Å². The second-order valence-electron chi connectivity index (χ2n) is 4.85. The zero-order valence-corrected chi connectivity index (χ0v) is 12.1. The third-order valence-electron chi connectivity index (χ3n) is 3.24. The summed E-state index contributed by atoms with van der Waals surface area (Å²) in [6, 6.07) is 10.4. The molecular formula is C16H23N3O. The Kier molecular flexibility index (Phi) is 6.27. The zero-order valence-electron chi connectivity index (χ0n) is 12.1. The molecule has 4 nitrogen and oxygen atoms in total. The molecule has 0 aliphatic rings. The first-order valence-corrected chi connectivity index (χ1v) is 7.19. The molecule has 0 saturated carbocycles. The van der Waals surface area contributed by atoms with Gasteiger partial charge in [-0.15, -0.1) is 0 Å². The number of unbranched alkanes of at least 4 members (excludes halogenated alkanes) is 2. The van der Waals surface area contributed by atoms with Crippen molar-refractivity contribution in [3.05, 3.63) is 48.3 Å². The molecule has 1 aromatic heterocycles. The lowest BCUT2D eigenvalue weighted by Gasteiger charge is -2.06. The van der Waals surface area contributed by atoms with E-state index in [0.29, 0.717) is 0 Å². The molecule has 0 amide bonds. The van der Waals surface area contributed by atoms with E-state index in [4.69, 9.17) is 4.74 Å². The first kappa shape index (κ1) is 14.8. The molecule has 0 atom stereocenters. The Morgan fingerprint density at radius 3 is 2.70 bits per heavy atom. The minimum atomic E-state index is 0.870. The maximum absolute atomic E-state index is 5.03. The molecular weight excluding hydrogens is 250 g/mol. The van der Waals surface area contributed by atoms with Gasteiger partial charge < -0.3 is 10.1 Å². The van der Waals surface area contributed by atoms with Crippen LogP contribution in [-0.4, -0.2) is 30.0 Å². The quantitative estimate of drug-likeness (QED) is 0.714. The third kappa shape index (κ3) is 4.79. The van der Waals surface area contributed by atoms with Crippen molar-refractivity contribution in [2.24, 2.45) is 0 Å². The van der Waals surface area contributed by atoms with Crippen molar-refractivity contribution in [2.75, 3.05) is 20.3 Å². The van der Waals surface area contributed by atoms with Gasteiger partial charge in [-0.3, -0.25) is 0 Å². The highest BCUT2D eigenvalue weighted by Crippen LogP contribution is 2.08. The Bertz CT molecular complexity index is 465. The smallest absolute Gasteiger partial charge is 0.0645 e. The van der Waals surface area contributed by atoms with Crippen molar-refractivity contribution < 1.29 is 4.74 Å². The molecule has 20 heavy (non-hydrogen) atoms. The Morgan fingerprint density at radius 1 is 1.15 bits per heavy atom. The number of nitrogens with one attached hydrogen (secondary N) is 1. The average Bonchev–Trinajstić information content (AvgIpc) is 3.01. The first-order valence-electron chi connectivity index (χ1n) is 7.19. The van der Waals surface area contributed by atoms with Crippen LogP contribution in [0.4, 0.5) is 0 Å². The fourth-order valence-corrected chi connectivity index (χ4v) is 2.09. The van der Waals surface area contributed by atoms with Crippen LogP contribution in [0.25, 0.3) is 5.69 Å². The molecule has 0 unspecified atom stereocenters. The lowest BCUT2D eigenvalue weighted by atomic mass is 10.2. The Morgan fingerprint density at radius 2 is 2.00 bits per heavy atom. The molecule has 2 rings (SSSR count). The van der Waals surface area contributed by atoms with Crippen molar-refractivity contribution in [3.8, 4) is 5.69 Å². The SMILES string of the molecule is COCCCCCNCc1ccc(-n2cccn2)cc1. The predicted octanol–water partition coefficient (Wildman–Crippen LogP) is 2.78. The van der Waals surface area contributed by atoms with E-state index < -0.39 is 0 Å². The summed E-state index contributed by atoms with van der Waals surface area (Å²) in [6.07, 6.45) is 7.32. The van der Waals surface area contributed by atoms with Crippen molar-refractivity contribution in [1.82, 2.24) is 15.1 Å². The summed E-state index contributed by atoms with van der Waals surface area (Å²) in [6.45, 7) is 2.85. The monoisotopic (exact) mass is 273 g/mol. The highest BCUT2D eigenvalue weighted by molar-refractivity contribution is 5.33. The van der Waals surface area contributed by atoms with Crippen LogP contribution < -0.4 is 5.32 Å². The number of hydrogen-bond donors (Lipinski definition) is 1. The second kappa shape index (κ2) is 8.51. The predicted molar refractivity (Wildman–Crippen MR) is 81.0 cm³/mol. The van der Waals surface area contributed by atoms with E-state index in [1.165, 1.54) is 18.4 Å². The molecule has 0 aliphatic heterocycles. The molecule has 0 radical (unpaired) electrons. The summed E-state index contributed by atoms with van der Waals surface area (Å²) in [7, 11) is 1.76. The fourth-order valence-electron chi connectivity index (χ4n) is 2.09. The molecule has 0 fully saturated rings. The standard InChI is InChI=1S/C16H23N3O/c1-20-13-4-2-3-10-17-14-15-6-8-16(9-7-15)19-12-5-11-18-19/h5-9,11-12,17H,2-4,10,13-14H2,1H3. The molecule has 0 aliphatic carbocycles.